The Hall–Kier alpha value is -2.28. The van der Waals surface area contributed by atoms with Gasteiger partial charge in [-0.3, -0.25) is 4.79 Å². The molecule has 1 N–H and O–H groups in total. The van der Waals surface area contributed by atoms with Crippen molar-refractivity contribution in [3.63, 3.8) is 0 Å². The standard InChI is InChI=1S/C16H21N5O2/c1-11-7-12(2)20-16(19-11)21-5-6-23-14(9-21)4-3-13-8-15(22)18-10-17-13/h7-8,10,14H,3-6,9H2,1-2H3,(H,17,18,22)/t14-/m1/s1. The average Bonchev–Trinajstić information content (AvgIpc) is 2.52. The summed E-state index contributed by atoms with van der Waals surface area (Å²) in [5, 5.41) is 0. The van der Waals surface area contributed by atoms with Crippen molar-refractivity contribution in [3.05, 3.63) is 45.9 Å². The van der Waals surface area contributed by atoms with Crippen molar-refractivity contribution in [1.82, 2.24) is 19.9 Å². The summed E-state index contributed by atoms with van der Waals surface area (Å²) in [5.41, 5.74) is 2.62. The molecular formula is C16H21N5O2. The number of ether oxygens (including phenoxy) is 1. The van der Waals surface area contributed by atoms with Gasteiger partial charge in [0.1, 0.15) is 0 Å². The van der Waals surface area contributed by atoms with Crippen molar-refractivity contribution < 1.29 is 4.74 Å². The fourth-order valence-electron chi connectivity index (χ4n) is 2.78. The van der Waals surface area contributed by atoms with Crippen molar-refractivity contribution in [2.45, 2.75) is 32.8 Å². The van der Waals surface area contributed by atoms with Gasteiger partial charge in [-0.15, -0.1) is 0 Å². The first-order chi connectivity index (χ1) is 11.1. The van der Waals surface area contributed by atoms with Gasteiger partial charge in [-0.05, 0) is 32.8 Å². The van der Waals surface area contributed by atoms with Gasteiger partial charge >= 0.3 is 0 Å². The van der Waals surface area contributed by atoms with Crippen LogP contribution in [0.5, 0.6) is 0 Å². The van der Waals surface area contributed by atoms with Crippen LogP contribution in [-0.2, 0) is 11.2 Å². The van der Waals surface area contributed by atoms with Crippen molar-refractivity contribution in [2.75, 3.05) is 24.6 Å². The van der Waals surface area contributed by atoms with Crippen LogP contribution in [0.2, 0.25) is 0 Å². The molecule has 122 valence electrons. The van der Waals surface area contributed by atoms with E-state index in [2.05, 4.69) is 24.8 Å². The summed E-state index contributed by atoms with van der Waals surface area (Å²) in [6.45, 7) is 6.17. The molecule has 0 amide bonds. The summed E-state index contributed by atoms with van der Waals surface area (Å²) in [5.74, 6) is 0.769. The molecule has 2 aromatic rings. The van der Waals surface area contributed by atoms with E-state index in [1.165, 1.54) is 12.4 Å². The highest BCUT2D eigenvalue weighted by Crippen LogP contribution is 2.17. The van der Waals surface area contributed by atoms with Crippen molar-refractivity contribution in [1.29, 1.82) is 0 Å². The van der Waals surface area contributed by atoms with Crippen LogP contribution >= 0.6 is 0 Å². The smallest absolute Gasteiger partial charge is 0.250 e. The number of H-pyrrole nitrogens is 1. The van der Waals surface area contributed by atoms with Gasteiger partial charge < -0.3 is 14.6 Å². The minimum atomic E-state index is -0.121. The van der Waals surface area contributed by atoms with Gasteiger partial charge in [0.2, 0.25) is 5.95 Å². The van der Waals surface area contributed by atoms with E-state index in [-0.39, 0.29) is 11.7 Å². The first kappa shape index (κ1) is 15.6. The maximum absolute atomic E-state index is 11.3. The lowest BCUT2D eigenvalue weighted by molar-refractivity contribution is 0.0347. The molecule has 0 unspecified atom stereocenters. The fourth-order valence-corrected chi connectivity index (χ4v) is 2.78. The molecule has 0 radical (unpaired) electrons. The second-order valence-corrected chi connectivity index (χ2v) is 5.83. The van der Waals surface area contributed by atoms with E-state index in [1.807, 2.05) is 19.9 Å². The zero-order valence-corrected chi connectivity index (χ0v) is 13.5. The van der Waals surface area contributed by atoms with E-state index >= 15 is 0 Å². The Morgan fingerprint density at radius 3 is 2.83 bits per heavy atom. The summed E-state index contributed by atoms with van der Waals surface area (Å²) in [4.78, 5) is 29.2. The van der Waals surface area contributed by atoms with E-state index in [9.17, 15) is 4.79 Å². The average molecular weight is 315 g/mol. The van der Waals surface area contributed by atoms with Crippen molar-refractivity contribution >= 4 is 5.95 Å². The third kappa shape index (κ3) is 4.13. The van der Waals surface area contributed by atoms with Gasteiger partial charge in [0.25, 0.3) is 5.56 Å². The van der Waals surface area contributed by atoms with E-state index < -0.39 is 0 Å². The monoisotopic (exact) mass is 315 g/mol. The maximum Gasteiger partial charge on any atom is 0.250 e. The molecule has 1 atom stereocenters. The molecule has 1 saturated heterocycles. The Labute approximate surface area is 134 Å². The molecule has 7 nitrogen and oxygen atoms in total. The molecule has 7 heteroatoms. The van der Waals surface area contributed by atoms with Crippen LogP contribution in [0.25, 0.3) is 0 Å². The molecule has 0 aliphatic carbocycles. The molecule has 23 heavy (non-hydrogen) atoms. The van der Waals surface area contributed by atoms with Gasteiger partial charge in [0.05, 0.1) is 19.0 Å². The van der Waals surface area contributed by atoms with Gasteiger partial charge in [-0.2, -0.15) is 0 Å². The van der Waals surface area contributed by atoms with Gasteiger partial charge in [0, 0.05) is 36.2 Å². The minimum Gasteiger partial charge on any atom is -0.375 e. The normalized spacial score (nSPS) is 18.2. The van der Waals surface area contributed by atoms with Gasteiger partial charge in [-0.1, -0.05) is 0 Å². The molecule has 3 heterocycles. The van der Waals surface area contributed by atoms with E-state index in [4.69, 9.17) is 4.74 Å². The molecule has 0 aromatic carbocycles. The Kier molecular flexibility index (Phi) is 4.66. The fraction of sp³-hybridized carbons (Fsp3) is 0.500. The molecule has 2 aromatic heterocycles. The number of aromatic nitrogens is 4. The third-order valence-electron chi connectivity index (χ3n) is 3.85. The highest BCUT2D eigenvalue weighted by atomic mass is 16.5. The third-order valence-corrected chi connectivity index (χ3v) is 3.85. The number of hydrogen-bond donors (Lipinski definition) is 1. The van der Waals surface area contributed by atoms with Crippen LogP contribution in [0, 0.1) is 13.8 Å². The minimum absolute atomic E-state index is 0.0919. The number of nitrogens with one attached hydrogen (secondary N) is 1. The van der Waals surface area contributed by atoms with Crippen LogP contribution in [0.3, 0.4) is 0 Å². The van der Waals surface area contributed by atoms with Crippen LogP contribution < -0.4 is 10.5 Å². The first-order valence-electron chi connectivity index (χ1n) is 7.82. The number of anilines is 1. The van der Waals surface area contributed by atoms with Crippen LogP contribution in [0.15, 0.2) is 23.3 Å². The maximum atomic E-state index is 11.3. The van der Waals surface area contributed by atoms with E-state index in [1.54, 1.807) is 0 Å². The summed E-state index contributed by atoms with van der Waals surface area (Å²) in [7, 11) is 0. The molecule has 1 aliphatic heterocycles. The second-order valence-electron chi connectivity index (χ2n) is 5.83. The number of aryl methyl sites for hydroxylation is 3. The number of aromatic amines is 1. The second kappa shape index (κ2) is 6.87. The lowest BCUT2D eigenvalue weighted by atomic mass is 10.1. The first-order valence-corrected chi connectivity index (χ1v) is 7.82. The molecule has 1 aliphatic rings. The number of hydrogen-bond acceptors (Lipinski definition) is 6. The van der Waals surface area contributed by atoms with E-state index in [0.717, 1.165) is 49.0 Å². The zero-order chi connectivity index (χ0) is 16.2. The van der Waals surface area contributed by atoms with Crippen LogP contribution in [0.4, 0.5) is 5.95 Å². The number of morpholine rings is 1. The van der Waals surface area contributed by atoms with Crippen molar-refractivity contribution in [2.24, 2.45) is 0 Å². The van der Waals surface area contributed by atoms with Crippen molar-refractivity contribution in [3.8, 4) is 0 Å². The quantitative estimate of drug-likeness (QED) is 0.906. The molecular weight excluding hydrogens is 294 g/mol. The summed E-state index contributed by atoms with van der Waals surface area (Å²) in [6.07, 6.45) is 3.07. The molecule has 0 saturated carbocycles. The Morgan fingerprint density at radius 2 is 2.09 bits per heavy atom. The van der Waals surface area contributed by atoms with E-state index in [0.29, 0.717) is 6.61 Å². The lowest BCUT2D eigenvalue weighted by Crippen LogP contribution is -2.43. The largest absolute Gasteiger partial charge is 0.375 e. The van der Waals surface area contributed by atoms with Gasteiger partial charge in [-0.25, -0.2) is 15.0 Å². The predicted octanol–water partition coefficient (Wildman–Crippen LogP) is 1.01. The van der Waals surface area contributed by atoms with Gasteiger partial charge in [0.15, 0.2) is 0 Å². The Morgan fingerprint density at radius 1 is 1.30 bits per heavy atom. The Balaban J connectivity index is 1.63. The molecule has 1 fully saturated rings. The summed E-state index contributed by atoms with van der Waals surface area (Å²) in [6, 6.07) is 3.51. The lowest BCUT2D eigenvalue weighted by Gasteiger charge is -2.33. The predicted molar refractivity (Wildman–Crippen MR) is 86.6 cm³/mol. The number of nitrogens with zero attached hydrogens (tertiary/aromatic N) is 4. The molecule has 0 bridgehead atoms. The number of rotatable bonds is 4. The summed E-state index contributed by atoms with van der Waals surface area (Å²) < 4.78 is 5.83. The topological polar surface area (TPSA) is 84.0 Å². The Bertz CT molecular complexity index is 710. The van der Waals surface area contributed by atoms with Crippen LogP contribution in [-0.4, -0.2) is 45.7 Å². The highest BCUT2D eigenvalue weighted by Gasteiger charge is 2.22. The molecule has 0 spiro atoms. The highest BCUT2D eigenvalue weighted by molar-refractivity contribution is 5.33. The summed E-state index contributed by atoms with van der Waals surface area (Å²) >= 11 is 0. The zero-order valence-electron chi connectivity index (χ0n) is 13.5. The van der Waals surface area contributed by atoms with Crippen LogP contribution in [0.1, 0.15) is 23.5 Å². The SMILES string of the molecule is Cc1cc(C)nc(N2CCO[C@H](CCc3cc(=O)[nH]cn3)C2)n1. The molecule has 3 rings (SSSR count).